The van der Waals surface area contributed by atoms with Gasteiger partial charge in [0, 0.05) is 37.6 Å². The highest BCUT2D eigenvalue weighted by atomic mass is 16.5. The lowest BCUT2D eigenvalue weighted by atomic mass is 10.1. The van der Waals surface area contributed by atoms with E-state index in [1.54, 1.807) is 0 Å². The number of benzene rings is 2. The fourth-order valence-corrected chi connectivity index (χ4v) is 3.75. The van der Waals surface area contributed by atoms with Gasteiger partial charge in [-0.1, -0.05) is 30.3 Å². The number of nitrogens with one attached hydrogen (secondary N) is 1. The molecule has 3 aromatic rings. The maximum atomic E-state index is 7.66. The number of aromatic nitrogens is 2. The number of ether oxygens (including phenoxy) is 1. The molecule has 2 aromatic carbocycles. The number of nitrogens with two attached hydrogens (primary N) is 1. The predicted molar refractivity (Wildman–Crippen MR) is 115 cm³/mol. The molecule has 4 rings (SSSR count). The lowest BCUT2D eigenvalue weighted by Crippen LogP contribution is -2.35. The van der Waals surface area contributed by atoms with E-state index in [4.69, 9.17) is 15.9 Å². The standard InChI is InChI=1S/C23H27N5O/c1-27-12-9-19(10-13-27)29-21-8-3-2-7-20(21)23-26-11-14-28(23)16-17-5-4-6-18(15-17)22(24)25/h2-8,11,14-15,19H,9-10,12-13,16H2,1H3,(H3,24,25). The molecule has 0 bridgehead atoms. The highest BCUT2D eigenvalue weighted by Gasteiger charge is 2.20. The molecule has 6 nitrogen and oxygen atoms in total. The number of piperidine rings is 1. The van der Waals surface area contributed by atoms with Crippen LogP contribution in [0.1, 0.15) is 24.0 Å². The van der Waals surface area contributed by atoms with Gasteiger partial charge in [0.25, 0.3) is 0 Å². The number of amidine groups is 1. The number of hydrogen-bond donors (Lipinski definition) is 2. The molecule has 0 saturated carbocycles. The van der Waals surface area contributed by atoms with Gasteiger partial charge in [0.15, 0.2) is 0 Å². The normalized spacial score (nSPS) is 15.3. The van der Waals surface area contributed by atoms with Crippen LogP contribution >= 0.6 is 0 Å². The third-order valence-corrected chi connectivity index (χ3v) is 5.39. The third-order valence-electron chi connectivity index (χ3n) is 5.39. The first-order valence-electron chi connectivity index (χ1n) is 9.99. The van der Waals surface area contributed by atoms with Gasteiger partial charge in [-0.2, -0.15) is 0 Å². The van der Waals surface area contributed by atoms with Crippen LogP contribution in [0.25, 0.3) is 11.4 Å². The molecule has 1 saturated heterocycles. The Balaban J connectivity index is 1.58. The Morgan fingerprint density at radius 2 is 1.97 bits per heavy atom. The number of nitrogens with zero attached hydrogens (tertiary/aromatic N) is 3. The predicted octanol–water partition coefficient (Wildman–Crippen LogP) is 3.36. The van der Waals surface area contributed by atoms with Crippen LogP contribution in [0.3, 0.4) is 0 Å². The average molecular weight is 390 g/mol. The minimum Gasteiger partial charge on any atom is -0.490 e. The Kier molecular flexibility index (Phi) is 5.62. The van der Waals surface area contributed by atoms with Crippen LogP contribution in [0.5, 0.6) is 5.75 Å². The number of likely N-dealkylation sites (tertiary alicyclic amines) is 1. The second kappa shape index (κ2) is 8.49. The van der Waals surface area contributed by atoms with E-state index in [1.807, 2.05) is 54.9 Å². The van der Waals surface area contributed by atoms with Crippen molar-refractivity contribution in [2.24, 2.45) is 5.73 Å². The van der Waals surface area contributed by atoms with Crippen molar-refractivity contribution in [3.05, 3.63) is 72.1 Å². The summed E-state index contributed by atoms with van der Waals surface area (Å²) in [5.41, 5.74) is 8.44. The maximum absolute atomic E-state index is 7.66. The van der Waals surface area contributed by atoms with Crippen LogP contribution in [0.15, 0.2) is 60.9 Å². The summed E-state index contributed by atoms with van der Waals surface area (Å²) in [4.78, 5) is 6.95. The van der Waals surface area contributed by atoms with Gasteiger partial charge in [-0.15, -0.1) is 0 Å². The lowest BCUT2D eigenvalue weighted by Gasteiger charge is -2.29. The summed E-state index contributed by atoms with van der Waals surface area (Å²) in [6, 6.07) is 15.9. The molecule has 0 amide bonds. The first-order chi connectivity index (χ1) is 14.1. The van der Waals surface area contributed by atoms with Crippen LogP contribution in [-0.2, 0) is 6.54 Å². The van der Waals surface area contributed by atoms with Gasteiger partial charge in [-0.25, -0.2) is 4.98 Å². The molecule has 0 radical (unpaired) electrons. The highest BCUT2D eigenvalue weighted by molar-refractivity contribution is 5.95. The topological polar surface area (TPSA) is 80.2 Å². The van der Waals surface area contributed by atoms with Gasteiger partial charge in [-0.05, 0) is 43.7 Å². The largest absolute Gasteiger partial charge is 0.490 e. The van der Waals surface area contributed by atoms with E-state index < -0.39 is 0 Å². The van der Waals surface area contributed by atoms with E-state index in [1.165, 1.54) is 0 Å². The van der Waals surface area contributed by atoms with Crippen molar-refractivity contribution < 1.29 is 4.74 Å². The molecule has 3 N–H and O–H groups in total. The molecule has 2 heterocycles. The summed E-state index contributed by atoms with van der Waals surface area (Å²) in [5.74, 6) is 1.84. The summed E-state index contributed by atoms with van der Waals surface area (Å²) >= 11 is 0. The Morgan fingerprint density at radius 1 is 1.17 bits per heavy atom. The second-order valence-electron chi connectivity index (χ2n) is 7.61. The summed E-state index contributed by atoms with van der Waals surface area (Å²) in [6.07, 6.45) is 6.11. The van der Waals surface area contributed by atoms with Crippen LogP contribution in [0.2, 0.25) is 0 Å². The summed E-state index contributed by atoms with van der Waals surface area (Å²) < 4.78 is 8.50. The highest BCUT2D eigenvalue weighted by Crippen LogP contribution is 2.31. The van der Waals surface area contributed by atoms with Crippen molar-refractivity contribution in [2.75, 3.05) is 20.1 Å². The van der Waals surface area contributed by atoms with Crippen LogP contribution in [0.4, 0.5) is 0 Å². The van der Waals surface area contributed by atoms with E-state index in [0.29, 0.717) is 6.54 Å². The average Bonchev–Trinajstić information content (AvgIpc) is 3.18. The molecule has 0 aliphatic carbocycles. The molecular formula is C23H27N5O. The molecule has 0 atom stereocenters. The molecule has 150 valence electrons. The van der Waals surface area contributed by atoms with Gasteiger partial charge in [0.05, 0.1) is 5.56 Å². The molecule has 29 heavy (non-hydrogen) atoms. The Bertz CT molecular complexity index is 988. The quantitative estimate of drug-likeness (QED) is 0.500. The molecule has 0 unspecified atom stereocenters. The molecule has 1 aliphatic heterocycles. The fourth-order valence-electron chi connectivity index (χ4n) is 3.75. The first kappa shape index (κ1) is 19.2. The van der Waals surface area contributed by atoms with Crippen LogP contribution in [-0.4, -0.2) is 46.5 Å². The maximum Gasteiger partial charge on any atom is 0.143 e. The number of hydrogen-bond acceptors (Lipinski definition) is 4. The Hall–Kier alpha value is -3.12. The minimum absolute atomic E-state index is 0.0783. The van der Waals surface area contributed by atoms with Gasteiger partial charge >= 0.3 is 0 Å². The van der Waals surface area contributed by atoms with Crippen molar-refractivity contribution in [3.8, 4) is 17.1 Å². The molecule has 6 heteroatoms. The number of nitrogen functional groups attached to an aromatic ring is 1. The monoisotopic (exact) mass is 389 g/mol. The zero-order chi connectivity index (χ0) is 20.2. The zero-order valence-electron chi connectivity index (χ0n) is 16.7. The number of para-hydroxylation sites is 1. The minimum atomic E-state index is 0.0783. The molecule has 0 spiro atoms. The van der Waals surface area contributed by atoms with Crippen molar-refractivity contribution in [1.82, 2.24) is 14.5 Å². The lowest BCUT2D eigenvalue weighted by molar-refractivity contribution is 0.115. The van der Waals surface area contributed by atoms with Gasteiger partial charge in [0.1, 0.15) is 23.5 Å². The van der Waals surface area contributed by atoms with E-state index >= 15 is 0 Å². The van der Waals surface area contributed by atoms with Crippen molar-refractivity contribution >= 4 is 5.84 Å². The first-order valence-corrected chi connectivity index (χ1v) is 9.99. The van der Waals surface area contributed by atoms with Gasteiger partial charge in [0.2, 0.25) is 0 Å². The smallest absolute Gasteiger partial charge is 0.143 e. The van der Waals surface area contributed by atoms with Crippen LogP contribution in [0, 0.1) is 5.41 Å². The number of rotatable bonds is 6. The second-order valence-corrected chi connectivity index (χ2v) is 7.61. The van der Waals surface area contributed by atoms with E-state index in [9.17, 15) is 0 Å². The summed E-state index contributed by atoms with van der Waals surface area (Å²) in [5, 5.41) is 7.66. The third kappa shape index (κ3) is 4.49. The van der Waals surface area contributed by atoms with Crippen molar-refractivity contribution in [3.63, 3.8) is 0 Å². The zero-order valence-corrected chi connectivity index (χ0v) is 16.7. The fraction of sp³-hybridized carbons (Fsp3) is 0.304. The van der Waals surface area contributed by atoms with E-state index in [2.05, 4.69) is 27.6 Å². The molecule has 1 fully saturated rings. The Labute approximate surface area is 171 Å². The molecule has 1 aliphatic rings. The summed E-state index contributed by atoms with van der Waals surface area (Å²) in [7, 11) is 2.15. The Morgan fingerprint density at radius 3 is 2.76 bits per heavy atom. The van der Waals surface area contributed by atoms with E-state index in [-0.39, 0.29) is 11.9 Å². The van der Waals surface area contributed by atoms with E-state index in [0.717, 1.165) is 54.2 Å². The van der Waals surface area contributed by atoms with Crippen molar-refractivity contribution in [2.45, 2.75) is 25.5 Å². The SMILES string of the molecule is CN1CCC(Oc2ccccc2-c2nccn2Cc2cccc(C(=N)N)c2)CC1. The van der Waals surface area contributed by atoms with Crippen LogP contribution < -0.4 is 10.5 Å². The van der Waals surface area contributed by atoms with Gasteiger partial charge in [-0.3, -0.25) is 5.41 Å². The number of imidazole rings is 1. The molecule has 1 aromatic heterocycles. The van der Waals surface area contributed by atoms with Gasteiger partial charge < -0.3 is 19.9 Å². The van der Waals surface area contributed by atoms with Crippen molar-refractivity contribution in [1.29, 1.82) is 5.41 Å². The molecular weight excluding hydrogens is 362 g/mol. The summed E-state index contributed by atoms with van der Waals surface area (Å²) in [6.45, 7) is 2.78.